The van der Waals surface area contributed by atoms with Crippen molar-refractivity contribution in [2.75, 3.05) is 0 Å². The van der Waals surface area contributed by atoms with E-state index in [9.17, 15) is 0 Å². The van der Waals surface area contributed by atoms with E-state index in [1.165, 1.54) is 126 Å². The van der Waals surface area contributed by atoms with Crippen LogP contribution in [0.3, 0.4) is 0 Å². The molecule has 41 heavy (non-hydrogen) atoms. The van der Waals surface area contributed by atoms with Crippen molar-refractivity contribution < 1.29 is 4.57 Å². The van der Waals surface area contributed by atoms with Gasteiger partial charge in [0.25, 0.3) is 5.82 Å². The minimum absolute atomic E-state index is 0.0103. The van der Waals surface area contributed by atoms with Gasteiger partial charge < -0.3 is 0 Å². The van der Waals surface area contributed by atoms with Crippen LogP contribution in [-0.2, 0) is 18.4 Å². The summed E-state index contributed by atoms with van der Waals surface area (Å²) in [5.41, 5.74) is 2.90. The molecule has 0 aliphatic heterocycles. The number of aromatic amines is 1. The summed E-state index contributed by atoms with van der Waals surface area (Å²) in [4.78, 5) is 3.78. The third-order valence-corrected chi connectivity index (χ3v) is 9.34. The molecule has 1 N–H and O–H groups in total. The first-order chi connectivity index (χ1) is 20.2. The molecule has 1 heterocycles. The van der Waals surface area contributed by atoms with Crippen molar-refractivity contribution in [3.8, 4) is 0 Å². The van der Waals surface area contributed by atoms with E-state index in [-0.39, 0.29) is 5.41 Å². The summed E-state index contributed by atoms with van der Waals surface area (Å²) in [6, 6.07) is 22.5. The molecule has 0 radical (unpaired) electrons. The highest BCUT2D eigenvalue weighted by Crippen LogP contribution is 2.43. The van der Waals surface area contributed by atoms with Gasteiger partial charge in [-0.05, 0) is 36.8 Å². The van der Waals surface area contributed by atoms with Gasteiger partial charge in [-0.3, -0.25) is 0 Å². The van der Waals surface area contributed by atoms with E-state index >= 15 is 0 Å². The second kappa shape index (κ2) is 19.7. The SMILES string of the molecule is CCCCCCCCCCCC[n+]1cc[nH]c1C(CCCCCCCC)C(C)(Cc1ccccc1)c1ccccc1. The van der Waals surface area contributed by atoms with E-state index in [0.717, 1.165) is 13.0 Å². The average molecular weight is 558 g/mol. The summed E-state index contributed by atoms with van der Waals surface area (Å²) in [7, 11) is 0. The van der Waals surface area contributed by atoms with Crippen molar-refractivity contribution >= 4 is 0 Å². The molecule has 0 aliphatic rings. The number of nitrogens with one attached hydrogen (secondary N) is 1. The van der Waals surface area contributed by atoms with Gasteiger partial charge >= 0.3 is 0 Å². The lowest BCUT2D eigenvalue weighted by molar-refractivity contribution is -0.705. The number of unbranched alkanes of at least 4 members (excludes halogenated alkanes) is 14. The first-order valence-electron chi connectivity index (χ1n) is 17.3. The number of aryl methyl sites for hydroxylation is 1. The van der Waals surface area contributed by atoms with Crippen LogP contribution in [0.1, 0.15) is 153 Å². The molecule has 2 atom stereocenters. The highest BCUT2D eigenvalue weighted by atomic mass is 15.1. The lowest BCUT2D eigenvalue weighted by Gasteiger charge is -2.37. The van der Waals surface area contributed by atoms with Crippen LogP contribution in [0.15, 0.2) is 73.1 Å². The Morgan fingerprint density at radius 3 is 1.73 bits per heavy atom. The largest absolute Gasteiger partial charge is 0.258 e. The minimum atomic E-state index is 0.0103. The third kappa shape index (κ3) is 11.4. The number of hydrogen-bond donors (Lipinski definition) is 1. The number of nitrogens with zero attached hydrogens (tertiary/aromatic N) is 1. The van der Waals surface area contributed by atoms with Crippen molar-refractivity contribution in [2.24, 2.45) is 0 Å². The quantitative estimate of drug-likeness (QED) is 0.0883. The molecule has 0 saturated heterocycles. The van der Waals surface area contributed by atoms with Crippen molar-refractivity contribution in [3.63, 3.8) is 0 Å². The van der Waals surface area contributed by atoms with Gasteiger partial charge in [0.2, 0.25) is 0 Å². The van der Waals surface area contributed by atoms with Gasteiger partial charge in [-0.1, -0.05) is 171 Å². The maximum Gasteiger partial charge on any atom is 0.258 e. The molecule has 0 amide bonds. The molecule has 0 aliphatic carbocycles. The van der Waals surface area contributed by atoms with E-state index in [1.807, 2.05) is 0 Å². The standard InChI is InChI=1S/C39H60N2/c1-4-6-8-10-12-13-14-15-17-25-32-41-33-31-40-38(41)37(30-24-16-11-9-7-5-2)39(3,36-28-22-19-23-29-36)34-35-26-20-18-21-27-35/h18-23,26-29,31,33,37H,4-17,24-25,30,32,34H2,1-3H3/p+1. The van der Waals surface area contributed by atoms with Crippen LogP contribution in [0.2, 0.25) is 0 Å². The van der Waals surface area contributed by atoms with E-state index in [4.69, 9.17) is 0 Å². The van der Waals surface area contributed by atoms with Crippen LogP contribution in [-0.4, -0.2) is 4.98 Å². The van der Waals surface area contributed by atoms with E-state index in [0.29, 0.717) is 5.92 Å². The fraction of sp³-hybridized carbons (Fsp3) is 0.615. The van der Waals surface area contributed by atoms with Crippen LogP contribution in [0.4, 0.5) is 0 Å². The Kier molecular flexibility index (Phi) is 15.9. The lowest BCUT2D eigenvalue weighted by Crippen LogP contribution is -2.43. The second-order valence-corrected chi connectivity index (χ2v) is 12.8. The smallest absolute Gasteiger partial charge is 0.247 e. The lowest BCUT2D eigenvalue weighted by atomic mass is 9.66. The van der Waals surface area contributed by atoms with Gasteiger partial charge in [0.1, 0.15) is 12.4 Å². The first-order valence-corrected chi connectivity index (χ1v) is 17.3. The zero-order valence-corrected chi connectivity index (χ0v) is 26.9. The molecule has 2 aromatic carbocycles. The number of benzene rings is 2. The van der Waals surface area contributed by atoms with Crippen LogP contribution in [0, 0.1) is 0 Å². The summed E-state index contributed by atoms with van der Waals surface area (Å²) in [5, 5.41) is 0. The fourth-order valence-corrected chi connectivity index (χ4v) is 6.79. The molecule has 3 rings (SSSR count). The Labute approximate surface area is 253 Å². The number of imidazole rings is 1. The molecule has 2 unspecified atom stereocenters. The summed E-state index contributed by atoms with van der Waals surface area (Å²) < 4.78 is 2.57. The molecular formula is C39H61N2+. The molecule has 0 bridgehead atoms. The molecule has 226 valence electrons. The van der Waals surface area contributed by atoms with Crippen molar-refractivity contribution in [2.45, 2.75) is 154 Å². The molecular weight excluding hydrogens is 496 g/mol. The van der Waals surface area contributed by atoms with Crippen molar-refractivity contribution in [1.29, 1.82) is 0 Å². The predicted octanol–water partition coefficient (Wildman–Crippen LogP) is 11.3. The summed E-state index contributed by atoms with van der Waals surface area (Å²) in [6.07, 6.45) is 28.7. The highest BCUT2D eigenvalue weighted by Gasteiger charge is 2.41. The topological polar surface area (TPSA) is 19.7 Å². The highest BCUT2D eigenvalue weighted by molar-refractivity contribution is 5.32. The fourth-order valence-electron chi connectivity index (χ4n) is 6.79. The number of hydrogen-bond acceptors (Lipinski definition) is 0. The Hall–Kier alpha value is -2.35. The number of aromatic nitrogens is 2. The van der Waals surface area contributed by atoms with Crippen LogP contribution in [0.5, 0.6) is 0 Å². The molecule has 2 nitrogen and oxygen atoms in total. The Bertz CT molecular complexity index is 1020. The van der Waals surface area contributed by atoms with Crippen LogP contribution in [0.25, 0.3) is 0 Å². The summed E-state index contributed by atoms with van der Waals surface area (Å²) in [6.45, 7) is 8.26. The van der Waals surface area contributed by atoms with E-state index in [1.54, 1.807) is 0 Å². The average Bonchev–Trinajstić information content (AvgIpc) is 3.46. The zero-order chi connectivity index (χ0) is 29.0. The Morgan fingerprint density at radius 1 is 0.634 bits per heavy atom. The van der Waals surface area contributed by atoms with Crippen LogP contribution >= 0.6 is 0 Å². The van der Waals surface area contributed by atoms with Gasteiger partial charge in [0.05, 0.1) is 12.5 Å². The molecule has 0 saturated carbocycles. The minimum Gasteiger partial charge on any atom is -0.247 e. The number of H-pyrrole nitrogens is 1. The Morgan fingerprint density at radius 2 is 1.15 bits per heavy atom. The van der Waals surface area contributed by atoms with Crippen molar-refractivity contribution in [3.05, 3.63) is 90.0 Å². The molecule has 0 fully saturated rings. The van der Waals surface area contributed by atoms with Gasteiger partial charge in [0, 0.05) is 5.41 Å². The second-order valence-electron chi connectivity index (χ2n) is 12.8. The molecule has 0 spiro atoms. The van der Waals surface area contributed by atoms with Crippen LogP contribution < -0.4 is 4.57 Å². The summed E-state index contributed by atoms with van der Waals surface area (Å²) >= 11 is 0. The maximum atomic E-state index is 3.78. The molecule has 3 aromatic rings. The van der Waals surface area contributed by atoms with Gasteiger partial charge in [-0.25, -0.2) is 9.55 Å². The number of rotatable bonds is 23. The third-order valence-electron chi connectivity index (χ3n) is 9.34. The van der Waals surface area contributed by atoms with Gasteiger partial charge in [-0.2, -0.15) is 0 Å². The van der Waals surface area contributed by atoms with E-state index in [2.05, 4.69) is 103 Å². The van der Waals surface area contributed by atoms with Crippen molar-refractivity contribution in [1.82, 2.24) is 4.98 Å². The molecule has 1 aromatic heterocycles. The summed E-state index contributed by atoms with van der Waals surface area (Å²) in [5.74, 6) is 1.87. The molecule has 2 heteroatoms. The normalized spacial score (nSPS) is 13.7. The zero-order valence-electron chi connectivity index (χ0n) is 26.9. The predicted molar refractivity (Wildman–Crippen MR) is 178 cm³/mol. The maximum absolute atomic E-state index is 3.78. The Balaban J connectivity index is 1.72. The van der Waals surface area contributed by atoms with Gasteiger partial charge in [-0.15, -0.1) is 0 Å². The first kappa shape index (κ1) is 33.2. The van der Waals surface area contributed by atoms with E-state index < -0.39 is 0 Å². The van der Waals surface area contributed by atoms with Gasteiger partial charge in [0.15, 0.2) is 0 Å². The monoisotopic (exact) mass is 557 g/mol.